The van der Waals surface area contributed by atoms with E-state index in [2.05, 4.69) is 182 Å². The third kappa shape index (κ3) is 4.40. The molecular formula is C50H45N. The summed E-state index contributed by atoms with van der Waals surface area (Å²) in [6.07, 6.45) is 4.27. The van der Waals surface area contributed by atoms with Gasteiger partial charge in [0.05, 0.1) is 0 Å². The zero-order chi connectivity index (χ0) is 35.4. The number of benzene rings is 6. The van der Waals surface area contributed by atoms with Crippen LogP contribution in [0.25, 0.3) is 55.8 Å². The lowest BCUT2D eigenvalue weighted by Gasteiger charge is -2.24. The van der Waals surface area contributed by atoms with E-state index in [0.29, 0.717) is 0 Å². The van der Waals surface area contributed by atoms with Gasteiger partial charge in [0.25, 0.3) is 0 Å². The van der Waals surface area contributed by atoms with Crippen LogP contribution in [0.5, 0.6) is 0 Å². The van der Waals surface area contributed by atoms with Crippen molar-refractivity contribution >= 4 is 11.3 Å². The van der Waals surface area contributed by atoms with Crippen molar-refractivity contribution < 1.29 is 0 Å². The van der Waals surface area contributed by atoms with Crippen LogP contribution in [0, 0.1) is 0 Å². The van der Waals surface area contributed by atoms with E-state index in [1.807, 2.05) is 0 Å². The van der Waals surface area contributed by atoms with Gasteiger partial charge in [-0.1, -0.05) is 151 Å². The maximum absolute atomic E-state index is 7.14. The van der Waals surface area contributed by atoms with Crippen LogP contribution in [-0.2, 0) is 16.2 Å². The van der Waals surface area contributed by atoms with E-state index >= 15 is 0 Å². The first kappa shape index (κ1) is 31.6. The van der Waals surface area contributed by atoms with Crippen molar-refractivity contribution in [3.63, 3.8) is 0 Å². The molecule has 3 aliphatic carbocycles. The average molecular weight is 660 g/mol. The number of nitrogens with two attached hydrogens (primary N) is 1. The van der Waals surface area contributed by atoms with Crippen LogP contribution in [0.2, 0.25) is 0 Å². The molecule has 3 aliphatic rings. The van der Waals surface area contributed by atoms with Crippen molar-refractivity contribution in [2.45, 2.75) is 64.7 Å². The molecule has 250 valence electrons. The molecule has 9 rings (SSSR count). The minimum Gasteiger partial charge on any atom is -0.398 e. The molecule has 0 heterocycles. The summed E-state index contributed by atoms with van der Waals surface area (Å²) in [6, 6.07) is 45.6. The number of hydrogen-bond donors (Lipinski definition) is 1. The van der Waals surface area contributed by atoms with Gasteiger partial charge < -0.3 is 5.73 Å². The van der Waals surface area contributed by atoms with E-state index in [-0.39, 0.29) is 16.2 Å². The molecule has 0 saturated carbocycles. The predicted molar refractivity (Wildman–Crippen MR) is 217 cm³/mol. The number of hydrogen-bond acceptors (Lipinski definition) is 1. The molecule has 2 N–H and O–H groups in total. The van der Waals surface area contributed by atoms with Crippen LogP contribution in [0.1, 0.15) is 93.0 Å². The Morgan fingerprint density at radius 2 is 0.804 bits per heavy atom. The van der Waals surface area contributed by atoms with Gasteiger partial charge in [-0.15, -0.1) is 0 Å². The molecular weight excluding hydrogens is 615 g/mol. The van der Waals surface area contributed by atoms with Crippen molar-refractivity contribution in [1.29, 1.82) is 0 Å². The second-order valence-corrected chi connectivity index (χ2v) is 16.3. The first-order valence-corrected chi connectivity index (χ1v) is 18.3. The van der Waals surface area contributed by atoms with Gasteiger partial charge >= 0.3 is 0 Å². The number of rotatable bonds is 4. The van der Waals surface area contributed by atoms with Crippen LogP contribution < -0.4 is 5.73 Å². The number of allylic oxidation sites excluding steroid dienone is 3. The second-order valence-electron chi connectivity index (χ2n) is 16.3. The van der Waals surface area contributed by atoms with Crippen LogP contribution >= 0.6 is 0 Å². The quantitative estimate of drug-likeness (QED) is 0.148. The molecule has 6 aromatic rings. The van der Waals surface area contributed by atoms with Gasteiger partial charge in [-0.05, 0) is 120 Å². The molecule has 0 aromatic heterocycles. The third-order valence-corrected chi connectivity index (χ3v) is 12.4. The summed E-state index contributed by atoms with van der Waals surface area (Å²) >= 11 is 0. The fourth-order valence-electron chi connectivity index (χ4n) is 9.50. The predicted octanol–water partition coefficient (Wildman–Crippen LogP) is 12.7. The van der Waals surface area contributed by atoms with Crippen molar-refractivity contribution in [2.24, 2.45) is 5.73 Å². The minimum atomic E-state index is -0.165. The van der Waals surface area contributed by atoms with E-state index in [0.717, 1.165) is 22.4 Å². The molecule has 0 unspecified atom stereocenters. The molecule has 0 radical (unpaired) electrons. The van der Waals surface area contributed by atoms with E-state index in [4.69, 9.17) is 5.73 Å². The van der Waals surface area contributed by atoms with Gasteiger partial charge in [0.15, 0.2) is 0 Å². The number of fused-ring (bicyclic) bond motifs is 9. The molecule has 0 fully saturated rings. The largest absolute Gasteiger partial charge is 0.398 e. The van der Waals surface area contributed by atoms with Crippen molar-refractivity contribution in [1.82, 2.24) is 0 Å². The highest BCUT2D eigenvalue weighted by Gasteiger charge is 2.38. The molecule has 1 nitrogen and oxygen atoms in total. The maximum Gasteiger partial charge on any atom is 0.0467 e. The summed E-state index contributed by atoms with van der Waals surface area (Å²) in [5.74, 6) is 0. The molecule has 0 saturated heterocycles. The molecule has 6 aromatic carbocycles. The molecule has 1 heteroatoms. The van der Waals surface area contributed by atoms with Gasteiger partial charge in [-0.2, -0.15) is 0 Å². The van der Waals surface area contributed by atoms with Crippen LogP contribution in [-0.4, -0.2) is 0 Å². The zero-order valence-electron chi connectivity index (χ0n) is 30.8. The molecule has 0 aliphatic heterocycles. The fraction of sp³-hybridized carbons (Fsp3) is 0.200. The first-order chi connectivity index (χ1) is 24.4. The lowest BCUT2D eigenvalue weighted by atomic mass is 9.79. The topological polar surface area (TPSA) is 26.0 Å². The highest BCUT2D eigenvalue weighted by Crippen LogP contribution is 2.53. The van der Waals surface area contributed by atoms with Crippen molar-refractivity contribution in [2.75, 3.05) is 0 Å². The summed E-state index contributed by atoms with van der Waals surface area (Å²) in [6.45, 7) is 16.2. The second kappa shape index (κ2) is 10.8. The first-order valence-electron chi connectivity index (χ1n) is 18.3. The lowest BCUT2D eigenvalue weighted by Crippen LogP contribution is -2.16. The Hall–Kier alpha value is -5.40. The van der Waals surface area contributed by atoms with Crippen molar-refractivity contribution in [3.05, 3.63) is 178 Å². The third-order valence-electron chi connectivity index (χ3n) is 12.4. The summed E-state index contributed by atoms with van der Waals surface area (Å²) in [5, 5.41) is 0. The Morgan fingerprint density at radius 3 is 1.29 bits per heavy atom. The molecule has 0 spiro atoms. The average Bonchev–Trinajstić information content (AvgIpc) is 3.62. The smallest absolute Gasteiger partial charge is 0.0467 e. The van der Waals surface area contributed by atoms with Gasteiger partial charge in [0.1, 0.15) is 0 Å². The SMILES string of the molecule is C/C=C\C(=C(/N)c1ccc2c(c1)C(C)(C)c1ccccc1-2)c1ccc2c(c1)C(C)(C)c1cc(-c3ccc4c(c3)C(C)(C)c3ccccc3-4)ccc1-2. The summed E-state index contributed by atoms with van der Waals surface area (Å²) < 4.78 is 0. The monoisotopic (exact) mass is 659 g/mol. The Kier molecular flexibility index (Phi) is 6.69. The van der Waals surface area contributed by atoms with E-state index in [9.17, 15) is 0 Å². The van der Waals surface area contributed by atoms with Crippen LogP contribution in [0.15, 0.2) is 133 Å². The normalized spacial score (nSPS) is 16.9. The Balaban J connectivity index is 1.09. The Bertz CT molecular complexity index is 2510. The van der Waals surface area contributed by atoms with E-state index in [1.165, 1.54) is 77.9 Å². The zero-order valence-corrected chi connectivity index (χ0v) is 30.8. The molecule has 0 amide bonds. The Morgan fingerprint density at radius 1 is 0.431 bits per heavy atom. The summed E-state index contributed by atoms with van der Waals surface area (Å²) in [5.41, 5.74) is 29.7. The standard InChI is InChI=1S/C50H45N/c1-8-13-34(47(51)33-21-25-38-36-15-10-12-17-42(36)49(4,5)46(38)29-33)32-20-24-40-39-23-19-31(27-44(39)50(6,7)45(40)28-32)30-18-22-37-35-14-9-11-16-41(35)48(2,3)43(37)26-30/h8-29H,51H2,1-7H3/b13-8-,47-34+. The minimum absolute atomic E-state index is 0.0222. The summed E-state index contributed by atoms with van der Waals surface area (Å²) in [7, 11) is 0. The van der Waals surface area contributed by atoms with Gasteiger partial charge in [0.2, 0.25) is 0 Å². The van der Waals surface area contributed by atoms with E-state index < -0.39 is 0 Å². The molecule has 0 atom stereocenters. The maximum atomic E-state index is 7.14. The summed E-state index contributed by atoms with van der Waals surface area (Å²) in [4.78, 5) is 0. The van der Waals surface area contributed by atoms with Crippen LogP contribution in [0.4, 0.5) is 0 Å². The Labute approximate surface area is 303 Å². The van der Waals surface area contributed by atoms with Gasteiger partial charge in [-0.3, -0.25) is 0 Å². The molecule has 51 heavy (non-hydrogen) atoms. The van der Waals surface area contributed by atoms with Crippen molar-refractivity contribution in [3.8, 4) is 44.5 Å². The van der Waals surface area contributed by atoms with Crippen LogP contribution in [0.3, 0.4) is 0 Å². The fourth-order valence-corrected chi connectivity index (χ4v) is 9.50. The highest BCUT2D eigenvalue weighted by molar-refractivity contribution is 5.97. The molecule has 0 bridgehead atoms. The van der Waals surface area contributed by atoms with Gasteiger partial charge in [-0.25, -0.2) is 0 Å². The highest BCUT2D eigenvalue weighted by atomic mass is 14.6. The van der Waals surface area contributed by atoms with Gasteiger partial charge in [0, 0.05) is 27.5 Å². The lowest BCUT2D eigenvalue weighted by molar-refractivity contribution is 0.659. The van der Waals surface area contributed by atoms with E-state index in [1.54, 1.807) is 0 Å².